The summed E-state index contributed by atoms with van der Waals surface area (Å²) < 4.78 is 6.38. The maximum absolute atomic E-state index is 13.5. The summed E-state index contributed by atoms with van der Waals surface area (Å²) in [6.45, 7) is 13.4. The Morgan fingerprint density at radius 3 is 2.19 bits per heavy atom. The average molecular weight is 792 g/mol. The molecule has 0 radical (unpaired) electrons. The average Bonchev–Trinajstić information content (AvgIpc) is 3.78. The maximum Gasteiger partial charge on any atom is 0.262 e. The predicted molar refractivity (Wildman–Crippen MR) is 213 cm³/mol. The van der Waals surface area contributed by atoms with Crippen molar-refractivity contribution >= 4 is 52.5 Å². The van der Waals surface area contributed by atoms with Crippen molar-refractivity contribution in [2.45, 2.75) is 71.2 Å². The molecule has 4 fully saturated rings. The van der Waals surface area contributed by atoms with Crippen LogP contribution < -0.4 is 25.2 Å². The molecule has 5 aliphatic rings. The van der Waals surface area contributed by atoms with Gasteiger partial charge in [0, 0.05) is 91.6 Å². The molecule has 5 amide bonds. The molecular formula is C43H46ClN7O6. The second-order valence-electron chi connectivity index (χ2n) is 16.9. The Labute approximate surface area is 336 Å². The Bertz CT molecular complexity index is 2190. The summed E-state index contributed by atoms with van der Waals surface area (Å²) in [5.41, 5.74) is 2.78. The summed E-state index contributed by atoms with van der Waals surface area (Å²) in [7, 11) is 0. The lowest BCUT2D eigenvalue weighted by Gasteiger charge is -2.63. The smallest absolute Gasteiger partial charge is 0.262 e. The molecule has 0 spiro atoms. The van der Waals surface area contributed by atoms with E-state index in [0.29, 0.717) is 33.5 Å². The number of halogens is 1. The topological polar surface area (TPSA) is 155 Å². The van der Waals surface area contributed by atoms with Crippen molar-refractivity contribution in [3.63, 3.8) is 0 Å². The Morgan fingerprint density at radius 2 is 1.53 bits per heavy atom. The minimum atomic E-state index is -0.984. The predicted octanol–water partition coefficient (Wildman–Crippen LogP) is 4.63. The third-order valence-electron chi connectivity index (χ3n) is 12.7. The number of amides is 5. The summed E-state index contributed by atoms with van der Waals surface area (Å²) in [6, 6.07) is 19.5. The molecule has 296 valence electrons. The van der Waals surface area contributed by atoms with Crippen LogP contribution in [0.1, 0.15) is 83.6 Å². The van der Waals surface area contributed by atoms with E-state index >= 15 is 0 Å². The minimum absolute atomic E-state index is 0.0836. The van der Waals surface area contributed by atoms with Gasteiger partial charge in [0.25, 0.3) is 17.7 Å². The molecule has 2 N–H and O–H groups in total. The van der Waals surface area contributed by atoms with Crippen molar-refractivity contribution in [3.8, 4) is 11.8 Å². The van der Waals surface area contributed by atoms with Crippen molar-refractivity contribution in [1.29, 1.82) is 5.26 Å². The molecule has 57 heavy (non-hydrogen) atoms. The molecule has 1 saturated carbocycles. The number of rotatable bonds is 8. The van der Waals surface area contributed by atoms with Gasteiger partial charge in [0.1, 0.15) is 24.0 Å². The maximum atomic E-state index is 13.5. The number of piperidine rings is 1. The van der Waals surface area contributed by atoms with Crippen molar-refractivity contribution in [2.24, 2.45) is 10.8 Å². The van der Waals surface area contributed by atoms with Crippen LogP contribution in [0.25, 0.3) is 0 Å². The summed E-state index contributed by atoms with van der Waals surface area (Å²) >= 11 is 6.25. The van der Waals surface area contributed by atoms with Crippen LogP contribution in [0.4, 0.5) is 11.4 Å². The quantitative estimate of drug-likeness (QED) is 0.309. The number of piperazine rings is 1. The van der Waals surface area contributed by atoms with Crippen molar-refractivity contribution in [2.75, 3.05) is 49.1 Å². The molecule has 13 nitrogen and oxygen atoms in total. The third kappa shape index (κ3) is 6.78. The van der Waals surface area contributed by atoms with Crippen molar-refractivity contribution in [1.82, 2.24) is 20.4 Å². The van der Waals surface area contributed by atoms with E-state index in [1.807, 2.05) is 30.3 Å². The first kappa shape index (κ1) is 38.4. The normalized spacial score (nSPS) is 25.4. The number of ether oxygens (including phenoxy) is 1. The molecule has 3 aromatic carbocycles. The van der Waals surface area contributed by atoms with Gasteiger partial charge in [-0.05, 0) is 67.4 Å². The van der Waals surface area contributed by atoms with Crippen LogP contribution in [0, 0.1) is 22.2 Å². The first-order valence-electron chi connectivity index (χ1n) is 19.5. The molecule has 0 unspecified atom stereocenters. The van der Waals surface area contributed by atoms with Gasteiger partial charge in [0.05, 0.1) is 21.7 Å². The number of benzene rings is 3. The highest BCUT2D eigenvalue weighted by Crippen LogP contribution is 2.55. The van der Waals surface area contributed by atoms with E-state index in [9.17, 15) is 29.2 Å². The standard InChI is InChI=1S/C43H46ClN7O6/c1-42(2)40(43(3,4)41(42)57-30-11-7-26(23-45)33(44)22-30)47-36(53)25-5-8-27(9-6-25)50-16-15-29(24-50)49-19-17-48(18-20-49)28-10-12-31-32(21-28)39(56)51(38(31)55)34-13-14-35(52)46-37(34)54/h5-12,21-22,29,34,40-41H,13-20,24H2,1-4H3,(H,47,53)(H,46,52,54)/t29-,34-,40?,41?/m1/s1. The van der Waals surface area contributed by atoms with Crippen LogP contribution in [0.2, 0.25) is 5.02 Å². The molecule has 8 rings (SSSR count). The van der Waals surface area contributed by atoms with Crippen LogP contribution in [-0.2, 0) is 9.59 Å². The van der Waals surface area contributed by atoms with E-state index in [1.54, 1.807) is 30.3 Å². The van der Waals surface area contributed by atoms with Gasteiger partial charge < -0.3 is 19.9 Å². The highest BCUT2D eigenvalue weighted by atomic mass is 35.5. The Morgan fingerprint density at radius 1 is 0.842 bits per heavy atom. The number of nitrogens with one attached hydrogen (secondary N) is 2. The SMILES string of the molecule is CC1(C)C(NC(=O)c2ccc(N3CC[C@@H](N4CCN(c5ccc6c(c5)C(=O)N([C@@H]5CCC(=O)NC5=O)C6=O)CC4)C3)cc2)C(C)(C)C1Oc1ccc(C#N)c(Cl)c1. The monoisotopic (exact) mass is 791 g/mol. The number of nitrogens with zero attached hydrogens (tertiary/aromatic N) is 5. The summed E-state index contributed by atoms with van der Waals surface area (Å²) in [4.78, 5) is 72.2. The van der Waals surface area contributed by atoms with Gasteiger partial charge in [-0.3, -0.25) is 39.1 Å². The molecule has 4 aliphatic heterocycles. The van der Waals surface area contributed by atoms with Gasteiger partial charge in [0.2, 0.25) is 11.8 Å². The van der Waals surface area contributed by atoms with E-state index in [1.165, 1.54) is 0 Å². The highest BCUT2D eigenvalue weighted by molar-refractivity contribution is 6.31. The first-order valence-corrected chi connectivity index (χ1v) is 19.9. The molecule has 0 aromatic heterocycles. The van der Waals surface area contributed by atoms with Gasteiger partial charge in [-0.15, -0.1) is 0 Å². The van der Waals surface area contributed by atoms with Crippen LogP contribution in [-0.4, -0.2) is 103 Å². The fourth-order valence-electron chi connectivity index (χ4n) is 9.91. The lowest BCUT2D eigenvalue weighted by molar-refractivity contribution is -0.164. The van der Waals surface area contributed by atoms with Crippen LogP contribution in [0.15, 0.2) is 60.7 Å². The number of nitriles is 1. The van der Waals surface area contributed by atoms with Gasteiger partial charge in [0.15, 0.2) is 0 Å². The molecule has 4 heterocycles. The largest absolute Gasteiger partial charge is 0.489 e. The van der Waals surface area contributed by atoms with Crippen LogP contribution in [0.3, 0.4) is 0 Å². The lowest BCUT2D eigenvalue weighted by atomic mass is 9.49. The van der Waals surface area contributed by atoms with Gasteiger partial charge in [-0.2, -0.15) is 5.26 Å². The van der Waals surface area contributed by atoms with E-state index in [0.717, 1.165) is 62.0 Å². The minimum Gasteiger partial charge on any atom is -0.489 e. The molecule has 3 saturated heterocycles. The Kier molecular flexibility index (Phi) is 9.77. The van der Waals surface area contributed by atoms with Gasteiger partial charge in [-0.25, -0.2) is 0 Å². The summed E-state index contributed by atoms with van der Waals surface area (Å²) in [6.07, 6.45) is 1.05. The Balaban J connectivity index is 0.832. The number of anilines is 2. The van der Waals surface area contributed by atoms with Gasteiger partial charge in [-0.1, -0.05) is 39.3 Å². The van der Waals surface area contributed by atoms with Gasteiger partial charge >= 0.3 is 0 Å². The van der Waals surface area contributed by atoms with E-state index < -0.39 is 29.7 Å². The number of hydrogen-bond donors (Lipinski definition) is 2. The molecular weight excluding hydrogens is 746 g/mol. The second-order valence-corrected chi connectivity index (χ2v) is 17.3. The number of imide groups is 2. The fraction of sp³-hybridized carbons (Fsp3) is 0.442. The van der Waals surface area contributed by atoms with E-state index in [4.69, 9.17) is 16.3 Å². The zero-order valence-electron chi connectivity index (χ0n) is 32.5. The second kappa shape index (κ2) is 14.5. The fourth-order valence-corrected chi connectivity index (χ4v) is 10.1. The van der Waals surface area contributed by atoms with Crippen LogP contribution in [0.5, 0.6) is 5.75 Å². The number of hydrogen-bond acceptors (Lipinski definition) is 10. The first-order chi connectivity index (χ1) is 27.2. The summed E-state index contributed by atoms with van der Waals surface area (Å²) in [5.74, 6) is -1.55. The molecule has 14 heteroatoms. The highest BCUT2D eigenvalue weighted by Gasteiger charge is 2.64. The van der Waals surface area contributed by atoms with E-state index in [-0.39, 0.29) is 47.3 Å². The van der Waals surface area contributed by atoms with Crippen LogP contribution >= 0.6 is 11.6 Å². The van der Waals surface area contributed by atoms with E-state index in [2.05, 4.69) is 59.1 Å². The number of fused-ring (bicyclic) bond motifs is 1. The number of carbonyl (C=O) groups excluding carboxylic acids is 5. The van der Waals surface area contributed by atoms with Crippen molar-refractivity contribution in [3.05, 3.63) is 87.9 Å². The molecule has 1 aliphatic carbocycles. The molecule has 3 aromatic rings. The summed E-state index contributed by atoms with van der Waals surface area (Å²) in [5, 5.41) is 15.1. The molecule has 2 atom stereocenters. The lowest BCUT2D eigenvalue weighted by Crippen LogP contribution is -2.74. The zero-order chi connectivity index (χ0) is 40.4. The Hall–Kier alpha value is -5.45. The number of carbonyl (C=O) groups is 5. The third-order valence-corrected chi connectivity index (χ3v) is 13.0. The zero-order valence-corrected chi connectivity index (χ0v) is 33.3. The molecule has 0 bridgehead atoms. The van der Waals surface area contributed by atoms with Crippen molar-refractivity contribution < 1.29 is 28.7 Å².